The average Bonchev–Trinajstić information content (AvgIpc) is 3.27. The van der Waals surface area contributed by atoms with Gasteiger partial charge in [0.25, 0.3) is 5.91 Å². The minimum atomic E-state index is -0.287. The van der Waals surface area contributed by atoms with Gasteiger partial charge in [-0.3, -0.25) is 10.1 Å². The fraction of sp³-hybridized carbons (Fsp3) is 0.412. The van der Waals surface area contributed by atoms with E-state index < -0.39 is 0 Å². The molecule has 4 rings (SSSR count). The third-order valence-electron chi connectivity index (χ3n) is 4.62. The van der Waals surface area contributed by atoms with Gasteiger partial charge in [-0.15, -0.1) is 5.10 Å². The van der Waals surface area contributed by atoms with E-state index in [1.165, 1.54) is 0 Å². The Bertz CT molecular complexity index is 891. The van der Waals surface area contributed by atoms with Crippen molar-refractivity contribution in [1.29, 1.82) is 0 Å². The second-order valence-corrected chi connectivity index (χ2v) is 6.19. The lowest BCUT2D eigenvalue weighted by atomic mass is 10.1. The zero-order chi connectivity index (χ0) is 17.2. The molecule has 0 bridgehead atoms. The highest BCUT2D eigenvalue weighted by Crippen LogP contribution is 2.20. The summed E-state index contributed by atoms with van der Waals surface area (Å²) in [7, 11) is 0. The first-order chi connectivity index (χ1) is 12.3. The molecule has 0 atom stereocenters. The van der Waals surface area contributed by atoms with E-state index >= 15 is 0 Å². The molecule has 1 aromatic carbocycles. The van der Waals surface area contributed by atoms with Gasteiger partial charge < -0.3 is 9.88 Å². The van der Waals surface area contributed by atoms with Gasteiger partial charge in [-0.05, 0) is 45.0 Å². The first kappa shape index (κ1) is 15.8. The maximum absolute atomic E-state index is 12.6. The van der Waals surface area contributed by atoms with Gasteiger partial charge in [0.1, 0.15) is 0 Å². The molecule has 2 aromatic heterocycles. The van der Waals surface area contributed by atoms with E-state index in [1.807, 2.05) is 35.8 Å². The Balaban J connectivity index is 1.55. The summed E-state index contributed by atoms with van der Waals surface area (Å²) in [5, 5.41) is 14.4. The molecule has 0 saturated carbocycles. The van der Waals surface area contributed by atoms with Gasteiger partial charge >= 0.3 is 0 Å². The molecular weight excluding hydrogens is 318 g/mol. The van der Waals surface area contributed by atoms with Crippen LogP contribution in [-0.4, -0.2) is 43.5 Å². The van der Waals surface area contributed by atoms with Crippen LogP contribution in [0.15, 0.2) is 30.5 Å². The third kappa shape index (κ3) is 3.00. The van der Waals surface area contributed by atoms with Crippen molar-refractivity contribution in [2.24, 2.45) is 0 Å². The van der Waals surface area contributed by atoms with Gasteiger partial charge in [0.05, 0.1) is 23.3 Å². The number of hydrogen-bond acceptors (Lipinski definition) is 5. The first-order valence-corrected chi connectivity index (χ1v) is 8.65. The van der Waals surface area contributed by atoms with Crippen molar-refractivity contribution in [2.75, 3.05) is 18.4 Å². The predicted octanol–water partition coefficient (Wildman–Crippen LogP) is 1.82. The monoisotopic (exact) mass is 339 g/mol. The summed E-state index contributed by atoms with van der Waals surface area (Å²) in [4.78, 5) is 17.1. The van der Waals surface area contributed by atoms with Crippen molar-refractivity contribution in [2.45, 2.75) is 32.4 Å². The normalized spacial score (nSPS) is 15.6. The van der Waals surface area contributed by atoms with E-state index in [1.54, 1.807) is 10.9 Å². The molecule has 25 heavy (non-hydrogen) atoms. The summed E-state index contributed by atoms with van der Waals surface area (Å²) in [6.45, 7) is 4.67. The lowest BCUT2D eigenvalue weighted by molar-refractivity contribution is 0.102. The maximum atomic E-state index is 12.6. The smallest absolute Gasteiger partial charge is 0.280 e. The van der Waals surface area contributed by atoms with Crippen LogP contribution in [0.4, 0.5) is 5.95 Å². The molecule has 1 amide bonds. The molecule has 8 heteroatoms. The topological polar surface area (TPSA) is 89.7 Å². The zero-order valence-electron chi connectivity index (χ0n) is 14.1. The molecule has 0 unspecified atom stereocenters. The van der Waals surface area contributed by atoms with Crippen molar-refractivity contribution < 1.29 is 4.79 Å². The maximum Gasteiger partial charge on any atom is 0.280 e. The number of piperidine rings is 1. The largest absolute Gasteiger partial charge is 0.317 e. The minimum Gasteiger partial charge on any atom is -0.317 e. The zero-order valence-corrected chi connectivity index (χ0v) is 14.1. The van der Waals surface area contributed by atoms with Crippen LogP contribution in [0.25, 0.3) is 11.0 Å². The van der Waals surface area contributed by atoms with Crippen molar-refractivity contribution in [3.63, 3.8) is 0 Å². The molecule has 0 aliphatic carbocycles. The van der Waals surface area contributed by atoms with Gasteiger partial charge in [-0.1, -0.05) is 17.3 Å². The summed E-state index contributed by atoms with van der Waals surface area (Å²) in [5.74, 6) is 0.246. The van der Waals surface area contributed by atoms with E-state index in [9.17, 15) is 4.79 Å². The van der Waals surface area contributed by atoms with Crippen LogP contribution >= 0.6 is 0 Å². The van der Waals surface area contributed by atoms with Crippen LogP contribution in [0.1, 0.15) is 36.3 Å². The summed E-state index contributed by atoms with van der Waals surface area (Å²) >= 11 is 0. The molecule has 8 nitrogen and oxygen atoms in total. The number of para-hydroxylation sites is 2. The molecule has 3 heterocycles. The van der Waals surface area contributed by atoms with Crippen LogP contribution in [0.2, 0.25) is 0 Å². The lowest BCUT2D eigenvalue weighted by Crippen LogP contribution is -2.29. The quantitative estimate of drug-likeness (QED) is 0.757. The van der Waals surface area contributed by atoms with Gasteiger partial charge in [-0.2, -0.15) is 0 Å². The molecule has 1 aliphatic rings. The number of fused-ring (bicyclic) bond motifs is 1. The van der Waals surface area contributed by atoms with E-state index in [2.05, 4.69) is 25.9 Å². The first-order valence-electron chi connectivity index (χ1n) is 8.65. The number of hydrogen-bond donors (Lipinski definition) is 2. The van der Waals surface area contributed by atoms with Gasteiger partial charge in [-0.25, -0.2) is 9.67 Å². The Morgan fingerprint density at radius 3 is 2.92 bits per heavy atom. The Kier molecular flexibility index (Phi) is 4.19. The van der Waals surface area contributed by atoms with Crippen molar-refractivity contribution >= 4 is 22.9 Å². The van der Waals surface area contributed by atoms with Crippen molar-refractivity contribution in [3.8, 4) is 0 Å². The summed E-state index contributed by atoms with van der Waals surface area (Å²) in [6, 6.07) is 8.13. The molecule has 1 saturated heterocycles. The molecule has 2 N–H and O–H groups in total. The van der Waals surface area contributed by atoms with E-state index in [4.69, 9.17) is 0 Å². The Hall–Kier alpha value is -2.74. The van der Waals surface area contributed by atoms with Crippen LogP contribution in [0.3, 0.4) is 0 Å². The molecule has 0 radical (unpaired) electrons. The molecular formula is C17H21N7O. The number of aromatic nitrogens is 5. The highest BCUT2D eigenvalue weighted by molar-refractivity contribution is 6.02. The predicted molar refractivity (Wildman–Crippen MR) is 94.5 cm³/mol. The van der Waals surface area contributed by atoms with Gasteiger partial charge in [0.15, 0.2) is 5.69 Å². The number of benzene rings is 1. The highest BCUT2D eigenvalue weighted by Gasteiger charge is 2.20. The van der Waals surface area contributed by atoms with E-state index in [-0.39, 0.29) is 5.91 Å². The summed E-state index contributed by atoms with van der Waals surface area (Å²) in [5.41, 5.74) is 2.17. The number of carbonyl (C=O) groups is 1. The molecule has 1 aliphatic heterocycles. The fourth-order valence-electron chi connectivity index (χ4n) is 3.29. The van der Waals surface area contributed by atoms with E-state index in [0.717, 1.165) is 43.5 Å². The molecule has 130 valence electrons. The SMILES string of the molecule is CCn1c(NC(=O)c2cn(C3CCNCC3)nn2)nc2ccccc21. The summed E-state index contributed by atoms with van der Waals surface area (Å²) in [6.07, 6.45) is 3.72. The summed E-state index contributed by atoms with van der Waals surface area (Å²) < 4.78 is 3.78. The Morgan fingerprint density at radius 2 is 2.12 bits per heavy atom. The minimum absolute atomic E-state index is 0.287. The number of nitrogens with zero attached hydrogens (tertiary/aromatic N) is 5. The second-order valence-electron chi connectivity index (χ2n) is 6.19. The van der Waals surface area contributed by atoms with Crippen molar-refractivity contribution in [3.05, 3.63) is 36.2 Å². The van der Waals surface area contributed by atoms with Gasteiger partial charge in [0, 0.05) is 6.54 Å². The number of nitrogens with one attached hydrogen (secondary N) is 2. The van der Waals surface area contributed by atoms with Crippen LogP contribution in [0, 0.1) is 0 Å². The van der Waals surface area contributed by atoms with Crippen LogP contribution in [-0.2, 0) is 6.54 Å². The van der Waals surface area contributed by atoms with Crippen LogP contribution < -0.4 is 10.6 Å². The average molecular weight is 339 g/mol. The van der Waals surface area contributed by atoms with E-state index in [0.29, 0.717) is 17.7 Å². The number of rotatable bonds is 4. The fourth-order valence-corrected chi connectivity index (χ4v) is 3.29. The molecule has 1 fully saturated rings. The number of aryl methyl sites for hydroxylation is 1. The van der Waals surface area contributed by atoms with Crippen LogP contribution in [0.5, 0.6) is 0 Å². The Labute approximate surface area is 145 Å². The number of imidazole rings is 1. The van der Waals surface area contributed by atoms with Gasteiger partial charge in [0.2, 0.25) is 5.95 Å². The third-order valence-corrected chi connectivity index (χ3v) is 4.62. The standard InChI is InChI=1S/C17H21N7O/c1-2-23-15-6-4-3-5-13(15)19-17(23)20-16(25)14-11-24(22-21-14)12-7-9-18-10-8-12/h3-6,11-12,18H,2,7-10H2,1H3,(H,19,20,25). The number of amides is 1. The highest BCUT2D eigenvalue weighted by atomic mass is 16.2. The van der Waals surface area contributed by atoms with Crippen molar-refractivity contribution in [1.82, 2.24) is 29.9 Å². The molecule has 3 aromatic rings. The second kappa shape index (κ2) is 6.64. The number of anilines is 1. The number of carbonyl (C=O) groups excluding carboxylic acids is 1. The lowest BCUT2D eigenvalue weighted by Gasteiger charge is -2.22. The Morgan fingerprint density at radius 1 is 1.32 bits per heavy atom. The molecule has 0 spiro atoms.